The molecule has 142 valence electrons. The van der Waals surface area contributed by atoms with Crippen LogP contribution in [0.2, 0.25) is 0 Å². The fraction of sp³-hybridized carbons (Fsp3) is 0.263. The largest absolute Gasteiger partial charge is 0.493 e. The lowest BCUT2D eigenvalue weighted by molar-refractivity contribution is 0.288. The van der Waals surface area contributed by atoms with E-state index in [2.05, 4.69) is 10.2 Å². The molecule has 27 heavy (non-hydrogen) atoms. The quantitative estimate of drug-likeness (QED) is 0.362. The molecule has 3 rings (SSSR count). The lowest BCUT2D eigenvalue weighted by Gasteiger charge is -2.11. The van der Waals surface area contributed by atoms with E-state index >= 15 is 0 Å². The summed E-state index contributed by atoms with van der Waals surface area (Å²) in [5.41, 5.74) is 2.12. The van der Waals surface area contributed by atoms with Crippen LogP contribution >= 0.6 is 11.8 Å². The standard InChI is InChI=1S/C19H21FN4O2S/c1-13-4-3-5-14(2)18(13)26-12-17-22-23-19(24(17)21)27-11-10-25-16-8-6-15(20)7-9-16/h3-9H,10-12,21H2,1-2H3. The average Bonchev–Trinajstić information content (AvgIpc) is 3.00. The van der Waals surface area contributed by atoms with Crippen molar-refractivity contribution >= 4 is 11.8 Å². The number of aryl methyl sites for hydroxylation is 2. The zero-order chi connectivity index (χ0) is 19.2. The molecule has 0 spiro atoms. The van der Waals surface area contributed by atoms with E-state index in [-0.39, 0.29) is 12.4 Å². The van der Waals surface area contributed by atoms with Crippen molar-refractivity contribution in [3.8, 4) is 11.5 Å². The molecule has 3 aromatic rings. The van der Waals surface area contributed by atoms with Gasteiger partial charge in [-0.15, -0.1) is 10.2 Å². The fourth-order valence-electron chi connectivity index (χ4n) is 2.49. The number of thioether (sulfide) groups is 1. The van der Waals surface area contributed by atoms with Gasteiger partial charge < -0.3 is 15.3 Å². The Hall–Kier alpha value is -2.74. The number of nitrogens with zero attached hydrogens (tertiary/aromatic N) is 3. The highest BCUT2D eigenvalue weighted by Crippen LogP contribution is 2.23. The molecule has 0 radical (unpaired) electrons. The third kappa shape index (κ3) is 4.91. The summed E-state index contributed by atoms with van der Waals surface area (Å²) >= 11 is 1.43. The van der Waals surface area contributed by atoms with E-state index < -0.39 is 0 Å². The number of nitrogens with two attached hydrogens (primary N) is 1. The molecule has 0 aliphatic carbocycles. The number of ether oxygens (including phenoxy) is 2. The third-order valence-electron chi connectivity index (χ3n) is 3.89. The highest BCUT2D eigenvalue weighted by Gasteiger charge is 2.12. The van der Waals surface area contributed by atoms with Crippen LogP contribution in [-0.4, -0.2) is 27.2 Å². The van der Waals surface area contributed by atoms with Crippen molar-refractivity contribution < 1.29 is 13.9 Å². The summed E-state index contributed by atoms with van der Waals surface area (Å²) in [5.74, 6) is 8.40. The number of aromatic nitrogens is 3. The Morgan fingerprint density at radius 1 is 1.04 bits per heavy atom. The Morgan fingerprint density at radius 2 is 1.74 bits per heavy atom. The lowest BCUT2D eigenvalue weighted by Crippen LogP contribution is -2.16. The van der Waals surface area contributed by atoms with Gasteiger partial charge in [0.25, 0.3) is 0 Å². The number of hydrogen-bond acceptors (Lipinski definition) is 6. The summed E-state index contributed by atoms with van der Waals surface area (Å²) in [6.45, 7) is 4.68. The lowest BCUT2D eigenvalue weighted by atomic mass is 10.1. The first-order chi connectivity index (χ1) is 13.0. The Kier molecular flexibility index (Phi) is 6.18. The van der Waals surface area contributed by atoms with Crippen LogP contribution < -0.4 is 15.3 Å². The van der Waals surface area contributed by atoms with E-state index in [9.17, 15) is 4.39 Å². The summed E-state index contributed by atoms with van der Waals surface area (Å²) < 4.78 is 25.7. The highest BCUT2D eigenvalue weighted by atomic mass is 32.2. The minimum Gasteiger partial charge on any atom is -0.493 e. The van der Waals surface area contributed by atoms with Crippen LogP contribution in [0.15, 0.2) is 47.6 Å². The summed E-state index contributed by atoms with van der Waals surface area (Å²) in [7, 11) is 0. The normalized spacial score (nSPS) is 10.8. The van der Waals surface area contributed by atoms with Crippen molar-refractivity contribution in [1.29, 1.82) is 0 Å². The van der Waals surface area contributed by atoms with Crippen molar-refractivity contribution in [2.45, 2.75) is 25.6 Å². The molecule has 0 bridgehead atoms. The van der Waals surface area contributed by atoms with Crippen molar-refractivity contribution in [1.82, 2.24) is 14.9 Å². The molecule has 0 aliphatic heterocycles. The topological polar surface area (TPSA) is 75.2 Å². The molecule has 0 aliphatic rings. The first-order valence-corrected chi connectivity index (χ1v) is 9.42. The third-order valence-corrected chi connectivity index (χ3v) is 4.79. The molecule has 6 nitrogen and oxygen atoms in total. The zero-order valence-corrected chi connectivity index (χ0v) is 16.0. The molecule has 1 aromatic heterocycles. The van der Waals surface area contributed by atoms with Gasteiger partial charge in [0.15, 0.2) is 5.82 Å². The molecule has 0 amide bonds. The maximum Gasteiger partial charge on any atom is 0.210 e. The maximum absolute atomic E-state index is 12.9. The number of rotatable bonds is 8. The Bertz CT molecular complexity index is 879. The predicted molar refractivity (Wildman–Crippen MR) is 103 cm³/mol. The molecule has 8 heteroatoms. The van der Waals surface area contributed by atoms with E-state index in [1.54, 1.807) is 12.1 Å². The number of hydrogen-bond donors (Lipinski definition) is 1. The molecule has 0 saturated carbocycles. The Labute approximate surface area is 161 Å². The van der Waals surface area contributed by atoms with Crippen molar-refractivity contribution in [2.24, 2.45) is 0 Å². The number of para-hydroxylation sites is 1. The first kappa shape index (κ1) is 19.0. The van der Waals surface area contributed by atoms with Gasteiger partial charge in [0.2, 0.25) is 5.16 Å². The molecule has 0 fully saturated rings. The SMILES string of the molecule is Cc1cccc(C)c1OCc1nnc(SCCOc2ccc(F)cc2)n1N. The summed E-state index contributed by atoms with van der Waals surface area (Å²) in [6, 6.07) is 11.9. The maximum atomic E-state index is 12.9. The molecule has 1 heterocycles. The van der Waals surface area contributed by atoms with Crippen LogP contribution in [0.25, 0.3) is 0 Å². The second-order valence-electron chi connectivity index (χ2n) is 5.93. The monoisotopic (exact) mass is 388 g/mol. The number of benzene rings is 2. The summed E-state index contributed by atoms with van der Waals surface area (Å²) in [4.78, 5) is 0. The van der Waals surface area contributed by atoms with Crippen LogP contribution in [0.3, 0.4) is 0 Å². The molecule has 0 unspecified atom stereocenters. The van der Waals surface area contributed by atoms with Crippen LogP contribution in [0.1, 0.15) is 17.0 Å². The summed E-state index contributed by atoms with van der Waals surface area (Å²) in [5, 5.41) is 8.77. The average molecular weight is 388 g/mol. The number of nitrogen functional groups attached to an aromatic ring is 1. The van der Waals surface area contributed by atoms with Crippen molar-refractivity contribution in [2.75, 3.05) is 18.2 Å². The smallest absolute Gasteiger partial charge is 0.210 e. The van der Waals surface area contributed by atoms with Crippen molar-refractivity contribution in [3.05, 3.63) is 65.2 Å². The van der Waals surface area contributed by atoms with E-state index in [1.807, 2.05) is 32.0 Å². The van der Waals surface area contributed by atoms with Gasteiger partial charge in [0, 0.05) is 5.75 Å². The van der Waals surface area contributed by atoms with Crippen LogP contribution in [0, 0.1) is 19.7 Å². The van der Waals surface area contributed by atoms with Gasteiger partial charge in [-0.3, -0.25) is 0 Å². The molecule has 0 atom stereocenters. The van der Waals surface area contributed by atoms with Gasteiger partial charge in [-0.1, -0.05) is 30.0 Å². The molecular formula is C19H21FN4O2S. The fourth-order valence-corrected chi connectivity index (χ4v) is 3.18. The molecular weight excluding hydrogens is 367 g/mol. The zero-order valence-electron chi connectivity index (χ0n) is 15.2. The molecule has 2 N–H and O–H groups in total. The van der Waals surface area contributed by atoms with E-state index in [4.69, 9.17) is 15.3 Å². The van der Waals surface area contributed by atoms with Gasteiger partial charge in [-0.2, -0.15) is 0 Å². The molecule has 0 saturated heterocycles. The second kappa shape index (κ2) is 8.77. The minimum atomic E-state index is -0.288. The van der Waals surface area contributed by atoms with Gasteiger partial charge in [-0.25, -0.2) is 9.07 Å². The van der Waals surface area contributed by atoms with E-state index in [0.29, 0.717) is 29.1 Å². The van der Waals surface area contributed by atoms with Gasteiger partial charge in [0.1, 0.15) is 23.9 Å². The second-order valence-corrected chi connectivity index (χ2v) is 6.99. The Balaban J connectivity index is 1.50. The first-order valence-electron chi connectivity index (χ1n) is 8.44. The summed E-state index contributed by atoms with van der Waals surface area (Å²) in [6.07, 6.45) is 0. The van der Waals surface area contributed by atoms with E-state index in [0.717, 1.165) is 16.9 Å². The van der Waals surface area contributed by atoms with Crippen LogP contribution in [0.5, 0.6) is 11.5 Å². The van der Waals surface area contributed by atoms with Gasteiger partial charge in [0.05, 0.1) is 6.61 Å². The van der Waals surface area contributed by atoms with Gasteiger partial charge in [-0.05, 0) is 49.2 Å². The Morgan fingerprint density at radius 3 is 2.44 bits per heavy atom. The minimum absolute atomic E-state index is 0.238. The van der Waals surface area contributed by atoms with Gasteiger partial charge >= 0.3 is 0 Å². The number of halogens is 1. The highest BCUT2D eigenvalue weighted by molar-refractivity contribution is 7.99. The van der Waals surface area contributed by atoms with Crippen LogP contribution in [0.4, 0.5) is 4.39 Å². The van der Waals surface area contributed by atoms with E-state index in [1.165, 1.54) is 28.6 Å². The van der Waals surface area contributed by atoms with Crippen molar-refractivity contribution in [3.63, 3.8) is 0 Å². The predicted octanol–water partition coefficient (Wildman–Crippen LogP) is 3.50. The molecule has 2 aromatic carbocycles. The van der Waals surface area contributed by atoms with Crippen LogP contribution in [-0.2, 0) is 6.61 Å².